The first-order chi connectivity index (χ1) is 7.72. The molecule has 1 nitrogen and oxygen atoms in total. The van der Waals surface area contributed by atoms with Gasteiger partial charge in [-0.3, -0.25) is 0 Å². The van der Waals surface area contributed by atoms with Crippen molar-refractivity contribution in [3.05, 3.63) is 24.1 Å². The quantitative estimate of drug-likeness (QED) is 0.551. The topological polar surface area (TPSA) is 9.23 Å². The molecule has 18 heavy (non-hydrogen) atoms. The van der Waals surface area contributed by atoms with E-state index in [2.05, 4.69) is 4.74 Å². The molecule has 0 bridgehead atoms. The van der Waals surface area contributed by atoms with Crippen molar-refractivity contribution >= 4 is 0 Å². The van der Waals surface area contributed by atoms with E-state index < -0.39 is 35.9 Å². The smallest absolute Gasteiger partial charge is 0.245 e. The molecule has 0 atom stereocenters. The van der Waals surface area contributed by atoms with E-state index in [1.165, 1.54) is 0 Å². The molecule has 0 unspecified atom stereocenters. The summed E-state index contributed by atoms with van der Waals surface area (Å²) in [6, 6.07) is 0. The van der Waals surface area contributed by atoms with Gasteiger partial charge in [0.05, 0.1) is 0 Å². The van der Waals surface area contributed by atoms with Gasteiger partial charge in [0.1, 0.15) is 5.57 Å². The Hall–Kier alpha value is -1.26. The van der Waals surface area contributed by atoms with Crippen LogP contribution in [-0.2, 0) is 4.74 Å². The highest BCUT2D eigenvalue weighted by atomic mass is 19.4. The number of rotatable bonds is 4. The summed E-state index contributed by atoms with van der Waals surface area (Å²) in [6.45, 7) is 1.73. The molecule has 0 aliphatic carbocycles. The summed E-state index contributed by atoms with van der Waals surface area (Å²) in [4.78, 5) is 0. The second-order valence-electron chi connectivity index (χ2n) is 2.69. The Bertz CT molecular complexity index is 361. The summed E-state index contributed by atoms with van der Waals surface area (Å²) < 4.78 is 122. The summed E-state index contributed by atoms with van der Waals surface area (Å²) in [5.41, 5.74) is -3.10. The van der Waals surface area contributed by atoms with Gasteiger partial charge in [0.15, 0.2) is 0 Å². The molecule has 0 N–H and O–H groups in total. The van der Waals surface area contributed by atoms with Crippen LogP contribution in [-0.4, -0.2) is 18.4 Å². The van der Waals surface area contributed by atoms with Gasteiger partial charge in [-0.15, -0.1) is 0 Å². The van der Waals surface area contributed by atoms with Gasteiger partial charge in [-0.2, -0.15) is 43.9 Å². The summed E-state index contributed by atoms with van der Waals surface area (Å²) in [6.07, 6.45) is -21.3. The Kier molecular flexibility index (Phi) is 4.45. The van der Waals surface area contributed by atoms with E-state index in [0.29, 0.717) is 0 Å². The molecule has 0 aromatic carbocycles. The van der Waals surface area contributed by atoms with E-state index >= 15 is 0 Å². The van der Waals surface area contributed by atoms with Crippen LogP contribution in [0.3, 0.4) is 0 Å². The standard InChI is InChI=1S/C7H2F10O/c1-2(5(11,12)13)6(14,15)18-7(16,17)3(8)4(9)10/h1H2. The van der Waals surface area contributed by atoms with Crippen LogP contribution >= 0.6 is 0 Å². The molecule has 0 fully saturated rings. The molecule has 0 aliphatic heterocycles. The van der Waals surface area contributed by atoms with Crippen LogP contribution in [0.25, 0.3) is 0 Å². The lowest BCUT2D eigenvalue weighted by Crippen LogP contribution is -2.39. The fraction of sp³-hybridized carbons (Fsp3) is 0.429. The Morgan fingerprint density at radius 2 is 1.17 bits per heavy atom. The second-order valence-corrected chi connectivity index (χ2v) is 2.69. The van der Waals surface area contributed by atoms with Gasteiger partial charge in [-0.25, -0.2) is 4.74 Å². The largest absolute Gasteiger partial charge is 0.420 e. The molecular weight excluding hydrogens is 290 g/mol. The van der Waals surface area contributed by atoms with E-state index in [0.717, 1.165) is 0 Å². The Morgan fingerprint density at radius 3 is 1.44 bits per heavy atom. The average molecular weight is 292 g/mol. The number of ether oxygens (including phenoxy) is 1. The Balaban J connectivity index is 5.23. The molecule has 0 saturated heterocycles. The van der Waals surface area contributed by atoms with Crippen molar-refractivity contribution in [3.8, 4) is 0 Å². The van der Waals surface area contributed by atoms with E-state index in [-0.39, 0.29) is 0 Å². The van der Waals surface area contributed by atoms with E-state index in [4.69, 9.17) is 0 Å². The van der Waals surface area contributed by atoms with Gasteiger partial charge in [0.2, 0.25) is 0 Å². The van der Waals surface area contributed by atoms with Crippen LogP contribution in [0, 0.1) is 0 Å². The molecule has 106 valence electrons. The maximum atomic E-state index is 12.5. The van der Waals surface area contributed by atoms with Crippen LogP contribution in [0.2, 0.25) is 0 Å². The predicted octanol–water partition coefficient (Wildman–Crippen LogP) is 4.38. The lowest BCUT2D eigenvalue weighted by Gasteiger charge is -2.24. The first-order valence-corrected chi connectivity index (χ1v) is 3.65. The number of alkyl halides is 7. The molecule has 0 heterocycles. The average Bonchev–Trinajstić information content (AvgIpc) is 2.12. The van der Waals surface area contributed by atoms with Crippen LogP contribution < -0.4 is 0 Å². The van der Waals surface area contributed by atoms with Gasteiger partial charge in [-0.05, 0) is 0 Å². The molecule has 0 amide bonds. The van der Waals surface area contributed by atoms with Gasteiger partial charge in [-0.1, -0.05) is 6.58 Å². The maximum absolute atomic E-state index is 12.5. The zero-order valence-corrected chi connectivity index (χ0v) is 7.89. The fourth-order valence-electron chi connectivity index (χ4n) is 0.542. The number of halogens is 10. The van der Waals surface area contributed by atoms with Crippen molar-refractivity contribution in [2.24, 2.45) is 0 Å². The highest BCUT2D eigenvalue weighted by Crippen LogP contribution is 2.43. The molecule has 0 aromatic rings. The number of hydrogen-bond acceptors (Lipinski definition) is 1. The lowest BCUT2D eigenvalue weighted by atomic mass is 10.3. The van der Waals surface area contributed by atoms with Gasteiger partial charge in [0, 0.05) is 0 Å². The van der Waals surface area contributed by atoms with E-state index in [9.17, 15) is 43.9 Å². The first-order valence-electron chi connectivity index (χ1n) is 3.65. The number of hydrogen-bond donors (Lipinski definition) is 0. The molecular formula is C7H2F10O. The van der Waals surface area contributed by atoms with Crippen molar-refractivity contribution in [2.45, 2.75) is 18.4 Å². The maximum Gasteiger partial charge on any atom is 0.420 e. The van der Waals surface area contributed by atoms with Crippen molar-refractivity contribution < 1.29 is 48.6 Å². The third kappa shape index (κ3) is 3.89. The van der Waals surface area contributed by atoms with E-state index in [1.54, 1.807) is 6.58 Å². The fourth-order valence-corrected chi connectivity index (χ4v) is 0.542. The second kappa shape index (κ2) is 4.78. The van der Waals surface area contributed by atoms with Crippen LogP contribution in [0.4, 0.5) is 43.9 Å². The van der Waals surface area contributed by atoms with Crippen molar-refractivity contribution in [3.63, 3.8) is 0 Å². The van der Waals surface area contributed by atoms with E-state index in [1.807, 2.05) is 0 Å². The summed E-state index contributed by atoms with van der Waals surface area (Å²) in [5.74, 6) is -3.72. The Morgan fingerprint density at radius 1 is 0.778 bits per heavy atom. The van der Waals surface area contributed by atoms with Crippen LogP contribution in [0.1, 0.15) is 0 Å². The summed E-state index contributed by atoms with van der Waals surface area (Å²) in [7, 11) is 0. The van der Waals surface area contributed by atoms with Gasteiger partial charge >= 0.3 is 24.5 Å². The van der Waals surface area contributed by atoms with Gasteiger partial charge in [0.25, 0.3) is 5.83 Å². The molecule has 11 heteroatoms. The van der Waals surface area contributed by atoms with Crippen molar-refractivity contribution in [1.82, 2.24) is 0 Å². The Labute approximate surface area is 92.3 Å². The zero-order chi connectivity index (χ0) is 14.9. The van der Waals surface area contributed by atoms with Crippen molar-refractivity contribution in [1.29, 1.82) is 0 Å². The summed E-state index contributed by atoms with van der Waals surface area (Å²) >= 11 is 0. The van der Waals surface area contributed by atoms with Gasteiger partial charge < -0.3 is 0 Å². The third-order valence-electron chi connectivity index (χ3n) is 1.37. The van der Waals surface area contributed by atoms with Crippen molar-refractivity contribution in [2.75, 3.05) is 0 Å². The lowest BCUT2D eigenvalue weighted by molar-refractivity contribution is -0.358. The highest BCUT2D eigenvalue weighted by molar-refractivity contribution is 5.11. The highest BCUT2D eigenvalue weighted by Gasteiger charge is 2.57. The van der Waals surface area contributed by atoms with Crippen LogP contribution in [0.15, 0.2) is 24.1 Å². The zero-order valence-electron chi connectivity index (χ0n) is 7.89. The minimum atomic E-state index is -5.93. The minimum Gasteiger partial charge on any atom is -0.245 e. The molecule has 0 rings (SSSR count). The predicted molar refractivity (Wildman–Crippen MR) is 36.5 cm³/mol. The molecule has 0 saturated carbocycles. The first kappa shape index (κ1) is 16.7. The van der Waals surface area contributed by atoms with Crippen LogP contribution in [0.5, 0.6) is 0 Å². The summed E-state index contributed by atoms with van der Waals surface area (Å²) in [5, 5.41) is 0. The third-order valence-corrected chi connectivity index (χ3v) is 1.37. The monoisotopic (exact) mass is 292 g/mol. The molecule has 0 aromatic heterocycles. The minimum absolute atomic E-state index is 1.73. The molecule has 0 spiro atoms. The molecule has 0 aliphatic rings. The normalized spacial score (nSPS) is 13.4. The molecule has 0 radical (unpaired) electrons. The SMILES string of the molecule is C=C(C(F)(F)F)C(F)(F)OC(F)(F)C(F)=C(F)F.